The summed E-state index contributed by atoms with van der Waals surface area (Å²) in [5.74, 6) is -0.212. The van der Waals surface area contributed by atoms with Crippen molar-refractivity contribution in [1.29, 1.82) is 10.5 Å². The van der Waals surface area contributed by atoms with Crippen molar-refractivity contribution in [2.45, 2.75) is 18.2 Å². The minimum Gasteiger partial charge on any atom is -0.292 e. The van der Waals surface area contributed by atoms with Crippen LogP contribution in [0.3, 0.4) is 0 Å². The zero-order valence-corrected chi connectivity index (χ0v) is 9.74. The van der Waals surface area contributed by atoms with Crippen molar-refractivity contribution in [1.82, 2.24) is 0 Å². The average molecular weight is 245 g/mol. The van der Waals surface area contributed by atoms with E-state index in [1.807, 2.05) is 18.2 Å². The van der Waals surface area contributed by atoms with Gasteiger partial charge >= 0.3 is 0 Å². The van der Waals surface area contributed by atoms with Crippen molar-refractivity contribution in [3.63, 3.8) is 0 Å². The third-order valence-electron chi connectivity index (χ3n) is 3.07. The van der Waals surface area contributed by atoms with E-state index in [1.54, 1.807) is 12.1 Å². The minimum absolute atomic E-state index is 0.0784. The van der Waals surface area contributed by atoms with E-state index in [4.69, 9.17) is 16.9 Å². The molecule has 4 heteroatoms. The summed E-state index contributed by atoms with van der Waals surface area (Å²) in [5.41, 5.74) is 0.281. The molecule has 0 unspecified atom stereocenters. The lowest BCUT2D eigenvalue weighted by molar-refractivity contribution is 0.0875. The summed E-state index contributed by atoms with van der Waals surface area (Å²) in [7, 11) is 0. The van der Waals surface area contributed by atoms with Crippen LogP contribution in [0.1, 0.15) is 22.3 Å². The van der Waals surface area contributed by atoms with Gasteiger partial charge in [-0.2, -0.15) is 10.5 Å². The van der Waals surface area contributed by atoms with Gasteiger partial charge in [-0.3, -0.25) is 4.79 Å². The van der Waals surface area contributed by atoms with E-state index >= 15 is 0 Å². The molecule has 1 aromatic rings. The number of alkyl halides is 1. The first kappa shape index (κ1) is 11.6. The summed E-state index contributed by atoms with van der Waals surface area (Å²) in [6.07, 6.45) is 0.429. The lowest BCUT2D eigenvalue weighted by Crippen LogP contribution is -2.29. The van der Waals surface area contributed by atoms with E-state index in [0.29, 0.717) is 12.0 Å². The van der Waals surface area contributed by atoms with Crippen LogP contribution in [0.4, 0.5) is 0 Å². The molecule has 0 fully saturated rings. The molecule has 0 radical (unpaired) electrons. The van der Waals surface area contributed by atoms with Crippen molar-refractivity contribution in [3.05, 3.63) is 35.4 Å². The number of nitriles is 2. The lowest BCUT2D eigenvalue weighted by atomic mass is 9.81. The van der Waals surface area contributed by atoms with E-state index in [-0.39, 0.29) is 12.2 Å². The van der Waals surface area contributed by atoms with Crippen molar-refractivity contribution in [3.8, 4) is 12.1 Å². The highest BCUT2D eigenvalue weighted by molar-refractivity contribution is 6.22. The van der Waals surface area contributed by atoms with Crippen LogP contribution in [0, 0.1) is 28.1 Å². The number of Topliss-reactive ketones (excluding diaryl/α,β-unsaturated/α-hetero) is 1. The summed E-state index contributed by atoms with van der Waals surface area (Å²) in [6, 6.07) is 11.1. The van der Waals surface area contributed by atoms with Crippen LogP contribution < -0.4 is 0 Å². The van der Waals surface area contributed by atoms with Gasteiger partial charge in [0.1, 0.15) is 10.8 Å². The van der Waals surface area contributed by atoms with Crippen LogP contribution in [0.15, 0.2) is 24.3 Å². The highest BCUT2D eigenvalue weighted by Crippen LogP contribution is 2.40. The van der Waals surface area contributed by atoms with Gasteiger partial charge in [0.2, 0.25) is 0 Å². The first-order valence-electron chi connectivity index (χ1n) is 5.20. The largest absolute Gasteiger partial charge is 0.292 e. The number of hydrogen-bond acceptors (Lipinski definition) is 3. The van der Waals surface area contributed by atoms with Gasteiger partial charge in [0.25, 0.3) is 0 Å². The number of ketones is 1. The number of carbonyl (C=O) groups is 1. The molecule has 17 heavy (non-hydrogen) atoms. The Balaban J connectivity index is 2.40. The van der Waals surface area contributed by atoms with Gasteiger partial charge in [-0.1, -0.05) is 24.3 Å². The standard InChI is InChI=1S/C13H9ClN2O/c14-10(7-15)6-13(8-16)5-9-3-1-2-4-11(9)12(13)17/h1-4,10H,5-6H2/t10-,13-/m0/s1. The highest BCUT2D eigenvalue weighted by Gasteiger charge is 2.46. The van der Waals surface area contributed by atoms with Gasteiger partial charge in [0.05, 0.1) is 12.1 Å². The first-order chi connectivity index (χ1) is 8.13. The molecule has 2 rings (SSSR count). The van der Waals surface area contributed by atoms with E-state index in [9.17, 15) is 10.1 Å². The summed E-state index contributed by atoms with van der Waals surface area (Å²) in [5, 5.41) is 17.2. The third kappa shape index (κ3) is 1.79. The van der Waals surface area contributed by atoms with Crippen molar-refractivity contribution < 1.29 is 4.79 Å². The van der Waals surface area contributed by atoms with Gasteiger partial charge in [-0.25, -0.2) is 0 Å². The Morgan fingerprint density at radius 3 is 2.71 bits per heavy atom. The molecule has 0 aromatic heterocycles. The maximum Gasteiger partial charge on any atom is 0.183 e. The quantitative estimate of drug-likeness (QED) is 0.751. The number of rotatable bonds is 2. The maximum atomic E-state index is 12.2. The fraction of sp³-hybridized carbons (Fsp3) is 0.308. The summed E-state index contributed by atoms with van der Waals surface area (Å²) in [6.45, 7) is 0. The lowest BCUT2D eigenvalue weighted by Gasteiger charge is -2.18. The zero-order chi connectivity index (χ0) is 12.5. The molecule has 0 aliphatic heterocycles. The number of benzene rings is 1. The number of hydrogen-bond donors (Lipinski definition) is 0. The zero-order valence-electron chi connectivity index (χ0n) is 8.98. The molecule has 0 N–H and O–H groups in total. The SMILES string of the molecule is N#C[C@@H](Cl)C[C@]1(C#N)Cc2ccccc2C1=O. The maximum absolute atomic E-state index is 12.2. The molecule has 0 heterocycles. The summed E-state index contributed by atoms with van der Waals surface area (Å²) < 4.78 is 0. The predicted octanol–water partition coefficient (Wildman–Crippen LogP) is 2.46. The topological polar surface area (TPSA) is 64.7 Å². The van der Waals surface area contributed by atoms with Crippen LogP contribution in [-0.2, 0) is 6.42 Å². The molecule has 3 nitrogen and oxygen atoms in total. The first-order valence-corrected chi connectivity index (χ1v) is 5.64. The molecule has 1 aromatic carbocycles. The molecule has 0 bridgehead atoms. The molecule has 1 aliphatic rings. The van der Waals surface area contributed by atoms with Crippen molar-refractivity contribution >= 4 is 17.4 Å². The van der Waals surface area contributed by atoms with Gasteiger partial charge in [-0.05, 0) is 12.0 Å². The number of fused-ring (bicyclic) bond motifs is 1. The third-order valence-corrected chi connectivity index (χ3v) is 3.32. The molecular weight excluding hydrogens is 236 g/mol. The Morgan fingerprint density at radius 1 is 1.41 bits per heavy atom. The predicted molar refractivity (Wildman–Crippen MR) is 62.4 cm³/mol. The van der Waals surface area contributed by atoms with Crippen molar-refractivity contribution in [2.75, 3.05) is 0 Å². The monoisotopic (exact) mass is 244 g/mol. The second-order valence-electron chi connectivity index (χ2n) is 4.16. The van der Waals surface area contributed by atoms with Crippen LogP contribution in [-0.4, -0.2) is 11.2 Å². The van der Waals surface area contributed by atoms with Crippen LogP contribution in [0.2, 0.25) is 0 Å². The molecule has 2 atom stereocenters. The van der Waals surface area contributed by atoms with E-state index in [0.717, 1.165) is 5.56 Å². The van der Waals surface area contributed by atoms with E-state index < -0.39 is 10.8 Å². The Bertz CT molecular complexity index is 555. The van der Waals surface area contributed by atoms with Gasteiger partial charge in [0.15, 0.2) is 5.78 Å². The van der Waals surface area contributed by atoms with Crippen molar-refractivity contribution in [2.24, 2.45) is 5.41 Å². The van der Waals surface area contributed by atoms with E-state index in [2.05, 4.69) is 6.07 Å². The second kappa shape index (κ2) is 4.20. The average Bonchev–Trinajstić information content (AvgIpc) is 2.64. The Labute approximate surface area is 104 Å². The molecular formula is C13H9ClN2O. The number of nitrogens with zero attached hydrogens (tertiary/aromatic N) is 2. The Kier molecular flexibility index (Phi) is 2.88. The summed E-state index contributed by atoms with van der Waals surface area (Å²) >= 11 is 5.76. The fourth-order valence-corrected chi connectivity index (χ4v) is 2.47. The molecule has 0 saturated heterocycles. The minimum atomic E-state index is -1.16. The van der Waals surface area contributed by atoms with Crippen LogP contribution >= 0.6 is 11.6 Å². The van der Waals surface area contributed by atoms with Crippen LogP contribution in [0.25, 0.3) is 0 Å². The fourth-order valence-electron chi connectivity index (χ4n) is 2.21. The van der Waals surface area contributed by atoms with Crippen LogP contribution in [0.5, 0.6) is 0 Å². The smallest absolute Gasteiger partial charge is 0.183 e. The van der Waals surface area contributed by atoms with Gasteiger partial charge in [-0.15, -0.1) is 11.6 Å². The normalized spacial score (nSPS) is 23.6. The van der Waals surface area contributed by atoms with Gasteiger partial charge in [0, 0.05) is 12.0 Å². The molecule has 0 saturated carbocycles. The second-order valence-corrected chi connectivity index (χ2v) is 4.68. The molecule has 1 aliphatic carbocycles. The molecule has 0 spiro atoms. The molecule has 84 valence electrons. The molecule has 0 amide bonds. The Morgan fingerprint density at radius 2 is 2.12 bits per heavy atom. The highest BCUT2D eigenvalue weighted by atomic mass is 35.5. The van der Waals surface area contributed by atoms with Gasteiger partial charge < -0.3 is 0 Å². The Hall–Kier alpha value is -1.84. The summed E-state index contributed by atoms with van der Waals surface area (Å²) in [4.78, 5) is 12.2. The number of halogens is 1. The van der Waals surface area contributed by atoms with E-state index in [1.165, 1.54) is 0 Å². The number of carbonyl (C=O) groups excluding carboxylic acids is 1.